The molecule has 0 fully saturated rings. The largest absolute Gasteiger partial charge is 0.462 e. The molecule has 0 radical (unpaired) electrons. The van der Waals surface area contributed by atoms with Crippen LogP contribution < -0.4 is 0 Å². The van der Waals surface area contributed by atoms with Crippen molar-refractivity contribution in [1.82, 2.24) is 4.90 Å². The highest BCUT2D eigenvalue weighted by Gasteiger charge is 2.31. The third-order valence-electron chi connectivity index (χ3n) is 3.04. The van der Waals surface area contributed by atoms with E-state index in [2.05, 4.69) is 0 Å². The predicted molar refractivity (Wildman–Crippen MR) is 100 cm³/mol. The summed E-state index contributed by atoms with van der Waals surface area (Å²) in [6.07, 6.45) is -1.88. The number of benzene rings is 1. The lowest BCUT2D eigenvalue weighted by molar-refractivity contribution is -0.000282. The van der Waals surface area contributed by atoms with Crippen molar-refractivity contribution in [3.8, 4) is 0 Å². The fourth-order valence-corrected chi connectivity index (χ4v) is 2.09. The van der Waals surface area contributed by atoms with E-state index in [-0.39, 0.29) is 24.3 Å². The van der Waals surface area contributed by atoms with Gasteiger partial charge in [-0.1, -0.05) is 0 Å². The fourth-order valence-electron chi connectivity index (χ4n) is 2.09. The normalized spacial score (nSPS) is 11.6. The minimum absolute atomic E-state index is 0.0230. The maximum absolute atomic E-state index is 14.0. The van der Waals surface area contributed by atoms with Gasteiger partial charge in [0.1, 0.15) is 17.0 Å². The first-order valence-electron chi connectivity index (χ1n) is 8.92. The Labute approximate surface area is 164 Å². The van der Waals surface area contributed by atoms with Crippen LogP contribution in [0.15, 0.2) is 18.2 Å². The summed E-state index contributed by atoms with van der Waals surface area (Å²) in [6, 6.07) is 3.49. The minimum Gasteiger partial charge on any atom is -0.462 e. The Bertz CT molecular complexity index is 705. The van der Waals surface area contributed by atoms with Crippen LogP contribution in [0.25, 0.3) is 0 Å². The van der Waals surface area contributed by atoms with E-state index in [0.29, 0.717) is 0 Å². The molecule has 0 saturated carbocycles. The monoisotopic (exact) mass is 397 g/mol. The van der Waals surface area contributed by atoms with Crippen LogP contribution in [-0.2, 0) is 20.8 Å². The Kier molecular flexibility index (Phi) is 7.55. The zero-order valence-electron chi connectivity index (χ0n) is 17.4. The van der Waals surface area contributed by atoms with Crippen LogP contribution in [0.1, 0.15) is 64.4 Å². The molecule has 0 bridgehead atoms. The Balaban J connectivity index is 3.20. The van der Waals surface area contributed by atoms with Crippen LogP contribution in [0, 0.1) is 5.82 Å². The van der Waals surface area contributed by atoms with Gasteiger partial charge in [0, 0.05) is 0 Å². The van der Waals surface area contributed by atoms with Crippen molar-refractivity contribution in [3.63, 3.8) is 0 Å². The van der Waals surface area contributed by atoms with Gasteiger partial charge in [-0.2, -0.15) is 0 Å². The van der Waals surface area contributed by atoms with E-state index in [0.717, 1.165) is 17.0 Å². The number of imide groups is 1. The van der Waals surface area contributed by atoms with E-state index in [1.54, 1.807) is 48.5 Å². The number of amides is 2. The summed E-state index contributed by atoms with van der Waals surface area (Å²) in [6.45, 7) is 11.3. The summed E-state index contributed by atoms with van der Waals surface area (Å²) in [5.74, 6) is -1.40. The van der Waals surface area contributed by atoms with Gasteiger partial charge in [0.25, 0.3) is 0 Å². The third kappa shape index (κ3) is 7.94. The number of nitrogens with zero attached hydrogens (tertiary/aromatic N) is 1. The van der Waals surface area contributed by atoms with Crippen LogP contribution in [0.3, 0.4) is 0 Å². The number of esters is 1. The number of carbonyl (C=O) groups excluding carboxylic acids is 3. The van der Waals surface area contributed by atoms with Gasteiger partial charge in [0.05, 0.1) is 18.7 Å². The second-order valence-electron chi connectivity index (χ2n) is 8.12. The van der Waals surface area contributed by atoms with E-state index < -0.39 is 35.2 Å². The van der Waals surface area contributed by atoms with Gasteiger partial charge < -0.3 is 14.2 Å². The molecule has 1 aromatic rings. The van der Waals surface area contributed by atoms with E-state index >= 15 is 0 Å². The van der Waals surface area contributed by atoms with Crippen molar-refractivity contribution < 1.29 is 33.0 Å². The van der Waals surface area contributed by atoms with Gasteiger partial charge in [0.15, 0.2) is 0 Å². The standard InChI is InChI=1S/C20H28FNO6/c1-8-26-16(23)14-9-13(10-15(21)11-14)12-22(17(24)27-19(2,3)4)18(25)28-20(5,6)7/h9-11H,8,12H2,1-7H3. The maximum atomic E-state index is 14.0. The molecule has 0 spiro atoms. The van der Waals surface area contributed by atoms with Crippen molar-refractivity contribution in [1.29, 1.82) is 0 Å². The molecule has 0 unspecified atom stereocenters. The smallest absolute Gasteiger partial charge is 0.420 e. The maximum Gasteiger partial charge on any atom is 0.420 e. The molecule has 156 valence electrons. The molecule has 7 nitrogen and oxygen atoms in total. The molecule has 0 N–H and O–H groups in total. The number of rotatable bonds is 4. The lowest BCUT2D eigenvalue weighted by Crippen LogP contribution is -2.43. The van der Waals surface area contributed by atoms with Gasteiger partial charge in [0.2, 0.25) is 0 Å². The molecule has 8 heteroatoms. The van der Waals surface area contributed by atoms with Crippen molar-refractivity contribution in [3.05, 3.63) is 35.1 Å². The summed E-state index contributed by atoms with van der Waals surface area (Å²) >= 11 is 0. The van der Waals surface area contributed by atoms with Gasteiger partial charge in [-0.15, -0.1) is 0 Å². The molecular formula is C20H28FNO6. The minimum atomic E-state index is -0.941. The lowest BCUT2D eigenvalue weighted by Gasteiger charge is -2.28. The van der Waals surface area contributed by atoms with E-state index in [1.165, 1.54) is 6.07 Å². The van der Waals surface area contributed by atoms with Gasteiger partial charge >= 0.3 is 18.2 Å². The first kappa shape index (κ1) is 23.4. The molecule has 0 aliphatic rings. The SMILES string of the molecule is CCOC(=O)c1cc(F)cc(CN(C(=O)OC(C)(C)C)C(=O)OC(C)(C)C)c1. The molecule has 0 aromatic heterocycles. The highest BCUT2D eigenvalue weighted by atomic mass is 19.1. The van der Waals surface area contributed by atoms with E-state index in [4.69, 9.17) is 14.2 Å². The molecule has 28 heavy (non-hydrogen) atoms. The topological polar surface area (TPSA) is 82.1 Å². The number of halogens is 1. The number of ether oxygens (including phenoxy) is 3. The fraction of sp³-hybridized carbons (Fsp3) is 0.550. The van der Waals surface area contributed by atoms with Crippen LogP contribution in [0.5, 0.6) is 0 Å². The van der Waals surface area contributed by atoms with Crippen molar-refractivity contribution in [2.75, 3.05) is 6.61 Å². The molecule has 2 amide bonds. The second kappa shape index (κ2) is 9.03. The highest BCUT2D eigenvalue weighted by Crippen LogP contribution is 2.19. The molecule has 1 aromatic carbocycles. The highest BCUT2D eigenvalue weighted by molar-refractivity contribution is 5.90. The average Bonchev–Trinajstić information content (AvgIpc) is 2.48. The molecule has 0 atom stereocenters. The van der Waals surface area contributed by atoms with Crippen LogP contribution in [-0.4, -0.2) is 40.9 Å². The van der Waals surface area contributed by atoms with Crippen molar-refractivity contribution in [2.24, 2.45) is 0 Å². The Morgan fingerprint density at radius 3 is 1.86 bits per heavy atom. The Hall–Kier alpha value is -2.64. The summed E-state index contributed by atoms with van der Waals surface area (Å²) in [5.41, 5.74) is -1.52. The first-order chi connectivity index (χ1) is 12.7. The number of carbonyl (C=O) groups is 3. The van der Waals surface area contributed by atoms with Gasteiger partial charge in [-0.05, 0) is 72.2 Å². The van der Waals surface area contributed by atoms with E-state index in [9.17, 15) is 18.8 Å². The third-order valence-corrected chi connectivity index (χ3v) is 3.04. The molecule has 0 aliphatic carbocycles. The quantitative estimate of drug-likeness (QED) is 0.542. The Morgan fingerprint density at radius 2 is 1.43 bits per heavy atom. The summed E-state index contributed by atoms with van der Waals surface area (Å²) in [4.78, 5) is 37.6. The zero-order valence-corrected chi connectivity index (χ0v) is 17.4. The lowest BCUT2D eigenvalue weighted by atomic mass is 10.1. The van der Waals surface area contributed by atoms with Crippen molar-refractivity contribution >= 4 is 18.2 Å². The Morgan fingerprint density at radius 1 is 0.929 bits per heavy atom. The molecule has 0 saturated heterocycles. The summed E-state index contributed by atoms with van der Waals surface area (Å²) in [5, 5.41) is 0. The van der Waals surface area contributed by atoms with E-state index in [1.807, 2.05) is 0 Å². The second-order valence-corrected chi connectivity index (χ2v) is 8.12. The first-order valence-corrected chi connectivity index (χ1v) is 8.92. The van der Waals surface area contributed by atoms with Gasteiger partial charge in [-0.25, -0.2) is 23.7 Å². The summed E-state index contributed by atoms with van der Waals surface area (Å²) < 4.78 is 29.3. The van der Waals surface area contributed by atoms with Crippen LogP contribution in [0.4, 0.5) is 14.0 Å². The van der Waals surface area contributed by atoms with Crippen molar-refractivity contribution in [2.45, 2.75) is 66.2 Å². The van der Waals surface area contributed by atoms with Gasteiger partial charge in [-0.3, -0.25) is 0 Å². The average molecular weight is 397 g/mol. The molecular weight excluding hydrogens is 369 g/mol. The predicted octanol–water partition coefficient (Wildman–Crippen LogP) is 4.67. The molecule has 0 heterocycles. The number of hydrogen-bond donors (Lipinski definition) is 0. The molecule has 1 rings (SSSR count). The molecule has 0 aliphatic heterocycles. The number of hydrogen-bond acceptors (Lipinski definition) is 6. The summed E-state index contributed by atoms with van der Waals surface area (Å²) in [7, 11) is 0. The van der Waals surface area contributed by atoms with Crippen LogP contribution in [0.2, 0.25) is 0 Å². The zero-order chi connectivity index (χ0) is 21.7. The van der Waals surface area contributed by atoms with Crippen LogP contribution >= 0.6 is 0 Å².